The van der Waals surface area contributed by atoms with Crippen molar-refractivity contribution in [1.82, 2.24) is 16.1 Å². The standard InChI is InChI=1S/C26H20ClF6N3O3/c1-13(22(37)34-2)35-23(38)20-8-7-19(17-5-3-4-6-18(17)20)21-12-24(39-36-21,26(31,32)33)14-9-15(25(28,29)30)11-16(27)10-14/h3-13,36H,1-2H3,(H,34,37)(H,35,38). The molecule has 4 rings (SSSR count). The first kappa shape index (κ1) is 28.2. The van der Waals surface area contributed by atoms with Gasteiger partial charge in [0.25, 0.3) is 5.91 Å². The van der Waals surface area contributed by atoms with Crippen molar-refractivity contribution in [3.63, 3.8) is 0 Å². The van der Waals surface area contributed by atoms with E-state index in [0.29, 0.717) is 29.0 Å². The summed E-state index contributed by atoms with van der Waals surface area (Å²) >= 11 is 5.76. The number of halogens is 7. The molecule has 1 aliphatic rings. The zero-order valence-electron chi connectivity index (χ0n) is 20.2. The molecule has 13 heteroatoms. The van der Waals surface area contributed by atoms with Gasteiger partial charge in [0.05, 0.1) is 11.3 Å². The molecule has 2 amide bonds. The number of fused-ring (bicyclic) bond motifs is 1. The van der Waals surface area contributed by atoms with Gasteiger partial charge in [0.2, 0.25) is 11.5 Å². The summed E-state index contributed by atoms with van der Waals surface area (Å²) < 4.78 is 83.3. The molecular formula is C26H20ClF6N3O3. The van der Waals surface area contributed by atoms with Gasteiger partial charge >= 0.3 is 12.4 Å². The maximum atomic E-state index is 14.4. The first-order valence-corrected chi connectivity index (χ1v) is 11.7. The van der Waals surface area contributed by atoms with Crippen molar-refractivity contribution in [2.75, 3.05) is 7.05 Å². The summed E-state index contributed by atoms with van der Waals surface area (Å²) in [5, 5.41) is 5.10. The molecule has 1 aliphatic heterocycles. The van der Waals surface area contributed by atoms with Crippen LogP contribution in [-0.4, -0.2) is 31.1 Å². The summed E-state index contributed by atoms with van der Waals surface area (Å²) in [6.07, 6.45) is -9.51. The van der Waals surface area contributed by atoms with Gasteiger partial charge in [-0.3, -0.25) is 19.9 Å². The summed E-state index contributed by atoms with van der Waals surface area (Å²) in [5.41, 5.74) is -3.19. The van der Waals surface area contributed by atoms with Gasteiger partial charge in [-0.1, -0.05) is 41.9 Å². The number of rotatable bonds is 5. The highest BCUT2D eigenvalue weighted by Crippen LogP contribution is 2.49. The minimum absolute atomic E-state index is 0.149. The Bertz CT molecular complexity index is 1490. The number of likely N-dealkylation sites (N-methyl/N-ethyl adjacent to an activating group) is 1. The summed E-state index contributed by atoms with van der Waals surface area (Å²) in [7, 11) is 1.41. The van der Waals surface area contributed by atoms with Crippen LogP contribution in [0.4, 0.5) is 26.3 Å². The molecule has 0 spiro atoms. The van der Waals surface area contributed by atoms with Crippen LogP contribution < -0.4 is 16.1 Å². The van der Waals surface area contributed by atoms with Gasteiger partial charge in [-0.25, -0.2) is 0 Å². The van der Waals surface area contributed by atoms with E-state index >= 15 is 0 Å². The molecule has 0 saturated carbocycles. The lowest BCUT2D eigenvalue weighted by atomic mass is 9.89. The van der Waals surface area contributed by atoms with Crippen LogP contribution in [0, 0.1) is 0 Å². The van der Waals surface area contributed by atoms with Crippen LogP contribution in [0.25, 0.3) is 16.5 Å². The monoisotopic (exact) mass is 571 g/mol. The van der Waals surface area contributed by atoms with Gasteiger partial charge in [-0.2, -0.15) is 26.3 Å². The first-order valence-electron chi connectivity index (χ1n) is 11.3. The van der Waals surface area contributed by atoms with Gasteiger partial charge < -0.3 is 10.6 Å². The lowest BCUT2D eigenvalue weighted by molar-refractivity contribution is -0.269. The molecule has 2 atom stereocenters. The van der Waals surface area contributed by atoms with Crippen LogP contribution in [0.3, 0.4) is 0 Å². The smallest absolute Gasteiger partial charge is 0.357 e. The molecule has 0 aromatic heterocycles. The van der Waals surface area contributed by atoms with E-state index in [-0.39, 0.29) is 16.8 Å². The van der Waals surface area contributed by atoms with Crippen molar-refractivity contribution in [3.8, 4) is 0 Å². The topological polar surface area (TPSA) is 79.5 Å². The second-order valence-corrected chi connectivity index (χ2v) is 9.17. The van der Waals surface area contributed by atoms with Crippen LogP contribution in [0.5, 0.6) is 0 Å². The molecule has 39 heavy (non-hydrogen) atoms. The second-order valence-electron chi connectivity index (χ2n) is 8.74. The Labute approximate surface area is 222 Å². The van der Waals surface area contributed by atoms with Crippen LogP contribution >= 0.6 is 11.6 Å². The number of hydrogen-bond acceptors (Lipinski definition) is 4. The molecule has 2 unspecified atom stereocenters. The summed E-state index contributed by atoms with van der Waals surface area (Å²) in [6.45, 7) is 1.48. The zero-order valence-corrected chi connectivity index (χ0v) is 21.0. The molecular weight excluding hydrogens is 552 g/mol. The normalized spacial score (nSPS) is 18.3. The Hall–Kier alpha value is -3.77. The number of amides is 2. The molecule has 0 radical (unpaired) electrons. The Kier molecular flexibility index (Phi) is 7.30. The number of nitrogens with one attached hydrogen (secondary N) is 3. The van der Waals surface area contributed by atoms with E-state index < -0.39 is 52.0 Å². The number of benzene rings is 3. The number of carbonyl (C=O) groups excluding carboxylic acids is 2. The Balaban J connectivity index is 1.83. The fourth-order valence-electron chi connectivity index (χ4n) is 4.23. The van der Waals surface area contributed by atoms with Gasteiger partial charge in [-0.15, -0.1) is 0 Å². The SMILES string of the molecule is CNC(=O)C(C)NC(=O)c1ccc(C2=CC(c3cc(Cl)cc(C(F)(F)F)c3)(C(F)(F)F)ON2)c2ccccc12. The Morgan fingerprint density at radius 2 is 1.67 bits per heavy atom. The molecule has 0 bridgehead atoms. The minimum Gasteiger partial charge on any atom is -0.357 e. The average molecular weight is 572 g/mol. The minimum atomic E-state index is -5.19. The van der Waals surface area contributed by atoms with Crippen LogP contribution in [-0.2, 0) is 21.4 Å². The Morgan fingerprint density at radius 1 is 1.00 bits per heavy atom. The number of alkyl halides is 6. The van der Waals surface area contributed by atoms with Crippen molar-refractivity contribution in [1.29, 1.82) is 0 Å². The average Bonchev–Trinajstić information content (AvgIpc) is 3.33. The van der Waals surface area contributed by atoms with E-state index in [1.54, 1.807) is 24.3 Å². The number of carbonyl (C=O) groups is 2. The predicted octanol–water partition coefficient (Wildman–Crippen LogP) is 5.71. The first-order chi connectivity index (χ1) is 18.2. The zero-order chi connectivity index (χ0) is 28.8. The highest BCUT2D eigenvalue weighted by molar-refractivity contribution is 6.30. The van der Waals surface area contributed by atoms with Crippen molar-refractivity contribution >= 4 is 39.9 Å². The molecule has 1 heterocycles. The van der Waals surface area contributed by atoms with Gasteiger partial charge in [0, 0.05) is 28.8 Å². The van der Waals surface area contributed by atoms with Gasteiger partial charge in [-0.05, 0) is 48.0 Å². The molecule has 0 saturated heterocycles. The molecule has 0 fully saturated rings. The molecule has 3 aromatic carbocycles. The van der Waals surface area contributed by atoms with E-state index in [9.17, 15) is 35.9 Å². The third-order valence-electron chi connectivity index (χ3n) is 6.19. The highest BCUT2D eigenvalue weighted by Gasteiger charge is 2.60. The van der Waals surface area contributed by atoms with E-state index in [0.717, 1.165) is 6.07 Å². The van der Waals surface area contributed by atoms with E-state index in [1.807, 2.05) is 0 Å². The maximum Gasteiger partial charge on any atom is 0.428 e. The fourth-order valence-corrected chi connectivity index (χ4v) is 4.47. The van der Waals surface area contributed by atoms with Gasteiger partial charge in [0.1, 0.15) is 6.04 Å². The van der Waals surface area contributed by atoms with Crippen molar-refractivity contribution in [2.24, 2.45) is 0 Å². The van der Waals surface area contributed by atoms with Crippen LogP contribution in [0.1, 0.15) is 34.0 Å². The third-order valence-corrected chi connectivity index (χ3v) is 6.41. The number of hydroxylamine groups is 1. The summed E-state index contributed by atoms with van der Waals surface area (Å²) in [6, 6.07) is 9.81. The number of hydrogen-bond donors (Lipinski definition) is 3. The largest absolute Gasteiger partial charge is 0.428 e. The van der Waals surface area contributed by atoms with E-state index in [2.05, 4.69) is 16.1 Å². The van der Waals surface area contributed by atoms with E-state index in [4.69, 9.17) is 16.4 Å². The quantitative estimate of drug-likeness (QED) is 0.343. The van der Waals surface area contributed by atoms with Crippen molar-refractivity contribution in [3.05, 3.63) is 87.9 Å². The molecule has 3 N–H and O–H groups in total. The third kappa shape index (κ3) is 5.26. The second kappa shape index (κ2) is 10.1. The Morgan fingerprint density at radius 3 is 2.28 bits per heavy atom. The summed E-state index contributed by atoms with van der Waals surface area (Å²) in [4.78, 5) is 29.7. The van der Waals surface area contributed by atoms with Crippen molar-refractivity contribution in [2.45, 2.75) is 30.9 Å². The molecule has 0 aliphatic carbocycles. The highest BCUT2D eigenvalue weighted by atomic mass is 35.5. The summed E-state index contributed by atoms with van der Waals surface area (Å²) in [5.74, 6) is -1.03. The maximum absolute atomic E-state index is 14.4. The lowest BCUT2D eigenvalue weighted by Crippen LogP contribution is -2.43. The predicted molar refractivity (Wildman–Crippen MR) is 131 cm³/mol. The van der Waals surface area contributed by atoms with Crippen molar-refractivity contribution < 1.29 is 40.8 Å². The fraction of sp³-hybridized carbons (Fsp3) is 0.231. The molecule has 6 nitrogen and oxygen atoms in total. The molecule has 3 aromatic rings. The molecule has 206 valence electrons. The van der Waals surface area contributed by atoms with Gasteiger partial charge in [0.15, 0.2) is 0 Å². The van der Waals surface area contributed by atoms with Crippen LogP contribution in [0.2, 0.25) is 5.02 Å². The van der Waals surface area contributed by atoms with Crippen LogP contribution in [0.15, 0.2) is 60.7 Å². The van der Waals surface area contributed by atoms with E-state index in [1.165, 1.54) is 26.1 Å². The lowest BCUT2D eigenvalue weighted by Gasteiger charge is -2.29.